The molecule has 0 aliphatic heterocycles. The monoisotopic (exact) mass is 468 g/mol. The number of unbranched alkanes of at least 4 members (excludes halogenated alkanes) is 4. The van der Waals surface area contributed by atoms with Gasteiger partial charge in [-0.1, -0.05) is 66.2 Å². The van der Waals surface area contributed by atoms with Crippen molar-refractivity contribution in [1.29, 1.82) is 0 Å². The number of hydrogen-bond donors (Lipinski definition) is 0. The van der Waals surface area contributed by atoms with Gasteiger partial charge in [-0.3, -0.25) is 0 Å². The van der Waals surface area contributed by atoms with Gasteiger partial charge in [-0.05, 0) is 64.2 Å². The first-order valence-electron chi connectivity index (χ1n) is 11.3. The van der Waals surface area contributed by atoms with Crippen molar-refractivity contribution in [3.05, 3.63) is 87.5 Å². The molecule has 10 radical (unpaired) electrons. The quantitative estimate of drug-likeness (QED) is 0.162. The Balaban J connectivity index is 0. The fourth-order valence-corrected chi connectivity index (χ4v) is 2.63. The molecule has 0 spiro atoms. The summed E-state index contributed by atoms with van der Waals surface area (Å²) in [6.07, 6.45) is 39.4. The van der Waals surface area contributed by atoms with Crippen LogP contribution in [0.3, 0.4) is 0 Å². The first kappa shape index (κ1) is 31.5. The Kier molecular flexibility index (Phi) is 28.7. The van der Waals surface area contributed by atoms with Gasteiger partial charge in [0.15, 0.2) is 0 Å². The van der Waals surface area contributed by atoms with E-state index >= 15 is 0 Å². The summed E-state index contributed by atoms with van der Waals surface area (Å²) < 4.78 is 0. The Morgan fingerprint density at radius 1 is 0.483 bits per heavy atom. The molecular formula is C28H42Zr. The van der Waals surface area contributed by atoms with E-state index in [2.05, 4.69) is 39.8 Å². The van der Waals surface area contributed by atoms with Crippen LogP contribution in [-0.4, -0.2) is 0 Å². The number of hydrogen-bond acceptors (Lipinski definition) is 0. The SMILES string of the molecule is CCC[C-]=C(CCC)C(=[C-]CCCC)CCCC.[CH]1[CH][CH][CH][CH]1.[CH]1[CH][CH][CH][CH]1.[Zr+2]. The fraction of sp³-hybridized carbons (Fsp3) is 0.500. The first-order valence-corrected chi connectivity index (χ1v) is 11.3. The van der Waals surface area contributed by atoms with Gasteiger partial charge in [0.1, 0.15) is 0 Å². The molecule has 0 unspecified atom stereocenters. The molecule has 0 N–H and O–H groups in total. The molecule has 0 saturated heterocycles. The molecule has 2 aliphatic carbocycles. The summed E-state index contributed by atoms with van der Waals surface area (Å²) in [7, 11) is 0. The summed E-state index contributed by atoms with van der Waals surface area (Å²) in [5.41, 5.74) is 2.93. The van der Waals surface area contributed by atoms with Crippen molar-refractivity contribution in [2.45, 2.75) is 91.9 Å². The maximum Gasteiger partial charge on any atom is 2.00 e. The summed E-state index contributed by atoms with van der Waals surface area (Å²) in [6.45, 7) is 9.01. The predicted octanol–water partition coefficient (Wildman–Crippen LogP) is 8.47. The average molecular weight is 470 g/mol. The van der Waals surface area contributed by atoms with E-state index in [9.17, 15) is 0 Å². The van der Waals surface area contributed by atoms with Crippen LogP contribution in [0.15, 0.2) is 11.1 Å². The van der Waals surface area contributed by atoms with Gasteiger partial charge in [-0.2, -0.15) is 0 Å². The van der Waals surface area contributed by atoms with E-state index in [0.29, 0.717) is 0 Å². The van der Waals surface area contributed by atoms with Gasteiger partial charge in [0.2, 0.25) is 0 Å². The zero-order chi connectivity index (χ0) is 20.7. The minimum Gasteiger partial charge on any atom is -0.373 e. The molecule has 2 fully saturated rings. The average Bonchev–Trinajstić information content (AvgIpc) is 3.47. The predicted molar refractivity (Wildman–Crippen MR) is 125 cm³/mol. The van der Waals surface area contributed by atoms with E-state index in [0.717, 1.165) is 12.8 Å². The van der Waals surface area contributed by atoms with Crippen molar-refractivity contribution in [3.63, 3.8) is 0 Å². The smallest absolute Gasteiger partial charge is 0.373 e. The van der Waals surface area contributed by atoms with E-state index in [1.807, 2.05) is 64.2 Å². The molecule has 158 valence electrons. The molecule has 2 saturated carbocycles. The van der Waals surface area contributed by atoms with Crippen LogP contribution in [0, 0.1) is 76.4 Å². The van der Waals surface area contributed by atoms with Crippen LogP contribution in [0.4, 0.5) is 0 Å². The van der Waals surface area contributed by atoms with E-state index in [1.54, 1.807) is 0 Å². The molecule has 0 atom stereocenters. The summed E-state index contributed by atoms with van der Waals surface area (Å²) in [5.74, 6) is 0. The summed E-state index contributed by atoms with van der Waals surface area (Å²) in [6, 6.07) is 0. The second-order valence-electron chi connectivity index (χ2n) is 6.94. The Morgan fingerprint density at radius 3 is 1.28 bits per heavy atom. The molecule has 0 amide bonds. The molecule has 1 heteroatoms. The molecule has 0 bridgehead atoms. The fourth-order valence-electron chi connectivity index (χ4n) is 2.63. The standard InChI is InChI=1S/C18H32.2C5H5.Zr/c1-5-9-12-16-18(15-11-7-3)17(13-8-4)14-10-6-2;2*1-2-4-5-3-1;/h5-13,15H2,1-4H3;2*1-5H;/q-2;;;+2. The zero-order valence-electron chi connectivity index (χ0n) is 19.3. The van der Waals surface area contributed by atoms with E-state index in [-0.39, 0.29) is 26.2 Å². The van der Waals surface area contributed by atoms with Crippen molar-refractivity contribution in [1.82, 2.24) is 0 Å². The van der Waals surface area contributed by atoms with Crippen LogP contribution in [-0.2, 0) is 26.2 Å². The largest absolute Gasteiger partial charge is 2.00 e. The summed E-state index contributed by atoms with van der Waals surface area (Å²) >= 11 is 0. The maximum atomic E-state index is 3.67. The minimum atomic E-state index is 0. The van der Waals surface area contributed by atoms with Crippen LogP contribution < -0.4 is 0 Å². The van der Waals surface area contributed by atoms with Gasteiger partial charge in [0, 0.05) is 0 Å². The molecular weight excluding hydrogens is 428 g/mol. The second kappa shape index (κ2) is 26.4. The van der Waals surface area contributed by atoms with Gasteiger partial charge >= 0.3 is 26.2 Å². The minimum absolute atomic E-state index is 0. The molecule has 0 aromatic rings. The van der Waals surface area contributed by atoms with Crippen LogP contribution >= 0.6 is 0 Å². The Bertz CT molecular complexity index is 333. The molecule has 2 aliphatic rings. The van der Waals surface area contributed by atoms with E-state index in [4.69, 9.17) is 0 Å². The third kappa shape index (κ3) is 21.4. The Labute approximate surface area is 204 Å². The topological polar surface area (TPSA) is 0 Å². The zero-order valence-corrected chi connectivity index (χ0v) is 21.8. The van der Waals surface area contributed by atoms with Gasteiger partial charge in [0.05, 0.1) is 0 Å². The van der Waals surface area contributed by atoms with Crippen molar-refractivity contribution in [3.8, 4) is 0 Å². The number of rotatable bonds is 11. The van der Waals surface area contributed by atoms with Crippen molar-refractivity contribution >= 4 is 0 Å². The molecule has 2 rings (SSSR count). The van der Waals surface area contributed by atoms with Crippen molar-refractivity contribution in [2.24, 2.45) is 0 Å². The number of allylic oxidation sites excluding steroid dienone is 4. The summed E-state index contributed by atoms with van der Waals surface area (Å²) in [4.78, 5) is 0. The van der Waals surface area contributed by atoms with E-state index < -0.39 is 0 Å². The molecule has 29 heavy (non-hydrogen) atoms. The Morgan fingerprint density at radius 2 is 0.897 bits per heavy atom. The maximum absolute atomic E-state index is 3.67. The van der Waals surface area contributed by atoms with E-state index in [1.165, 1.54) is 62.5 Å². The molecule has 0 nitrogen and oxygen atoms in total. The molecule has 0 aromatic heterocycles. The van der Waals surface area contributed by atoms with Gasteiger partial charge < -0.3 is 23.3 Å². The Hall–Kier alpha value is 0.363. The third-order valence-corrected chi connectivity index (χ3v) is 4.21. The first-order chi connectivity index (χ1) is 13.8. The molecule has 0 heterocycles. The summed E-state index contributed by atoms with van der Waals surface area (Å²) in [5, 5.41) is 0. The van der Waals surface area contributed by atoms with Crippen molar-refractivity contribution in [2.75, 3.05) is 0 Å². The van der Waals surface area contributed by atoms with Crippen LogP contribution in [0.5, 0.6) is 0 Å². The van der Waals surface area contributed by atoms with Crippen LogP contribution in [0.2, 0.25) is 0 Å². The second-order valence-corrected chi connectivity index (χ2v) is 6.94. The van der Waals surface area contributed by atoms with Crippen LogP contribution in [0.25, 0.3) is 0 Å². The van der Waals surface area contributed by atoms with Crippen LogP contribution in [0.1, 0.15) is 91.9 Å². The van der Waals surface area contributed by atoms with Gasteiger partial charge in [-0.25, -0.2) is 0 Å². The van der Waals surface area contributed by atoms with Gasteiger partial charge in [-0.15, -0.1) is 25.7 Å². The third-order valence-electron chi connectivity index (χ3n) is 4.21. The van der Waals surface area contributed by atoms with Gasteiger partial charge in [0.25, 0.3) is 0 Å². The molecule has 0 aromatic carbocycles. The van der Waals surface area contributed by atoms with Crippen molar-refractivity contribution < 1.29 is 26.2 Å². The normalized spacial score (nSPS) is 16.4.